The molecule has 2 aliphatic heterocycles. The Morgan fingerprint density at radius 2 is 1.88 bits per heavy atom. The Hall–Kier alpha value is -3.22. The molecule has 0 aromatic heterocycles. The van der Waals surface area contributed by atoms with Crippen LogP contribution in [0.15, 0.2) is 88.6 Å². The first-order valence-corrected chi connectivity index (χ1v) is 10.5. The molecule has 0 radical (unpaired) electrons. The van der Waals surface area contributed by atoms with Crippen LogP contribution in [0, 0.1) is 0 Å². The zero-order valence-corrected chi connectivity index (χ0v) is 18.5. The van der Waals surface area contributed by atoms with Crippen molar-refractivity contribution in [1.82, 2.24) is 9.80 Å². The minimum Gasteiger partial charge on any atom is -0.402 e. The van der Waals surface area contributed by atoms with E-state index in [-0.39, 0.29) is 6.04 Å². The Morgan fingerprint density at radius 3 is 2.44 bits per heavy atom. The van der Waals surface area contributed by atoms with Gasteiger partial charge in [-0.15, -0.1) is 0 Å². The first-order chi connectivity index (χ1) is 15.0. The van der Waals surface area contributed by atoms with E-state index in [9.17, 15) is 13.2 Å². The molecule has 4 nitrogen and oxygen atoms in total. The third-order valence-electron chi connectivity index (χ3n) is 6.01. The van der Waals surface area contributed by atoms with Gasteiger partial charge in [-0.25, -0.2) is 0 Å². The number of benzene rings is 1. The Balaban J connectivity index is 1.92. The van der Waals surface area contributed by atoms with Crippen molar-refractivity contribution in [2.24, 2.45) is 10.7 Å². The van der Waals surface area contributed by atoms with Gasteiger partial charge in [0, 0.05) is 30.2 Å². The SMILES string of the molecule is C=C1C(C)=CC(N2C(=C)C(=NC3CC3)C(=C(C)N)C2c2cccc(C(F)(F)F)c2)=CN1C. The summed E-state index contributed by atoms with van der Waals surface area (Å²) in [5.74, 6) is 0. The maximum atomic E-state index is 13.5. The van der Waals surface area contributed by atoms with E-state index in [1.165, 1.54) is 12.1 Å². The van der Waals surface area contributed by atoms with Crippen molar-refractivity contribution in [3.63, 3.8) is 0 Å². The fraction of sp³-hybridized carbons (Fsp3) is 0.320. The molecular weight excluding hydrogens is 413 g/mol. The van der Waals surface area contributed by atoms with E-state index >= 15 is 0 Å². The molecule has 2 N–H and O–H groups in total. The predicted octanol–water partition coefficient (Wildman–Crippen LogP) is 5.66. The van der Waals surface area contributed by atoms with Gasteiger partial charge in [0.15, 0.2) is 0 Å². The standard InChI is InChI=1S/C25H27F3N4/c1-14-11-21(13-31(5)16(14)3)32-17(4)23(30-20-9-10-20)22(15(2)29)24(32)18-7-6-8-19(12-18)25(26,27)28/h6-8,11-13,20,24H,3-4,9-10,29H2,1-2,5H3. The van der Waals surface area contributed by atoms with Gasteiger partial charge in [-0.2, -0.15) is 13.2 Å². The Morgan fingerprint density at radius 1 is 1.19 bits per heavy atom. The molecule has 2 heterocycles. The molecule has 3 aliphatic rings. The third-order valence-corrected chi connectivity index (χ3v) is 6.01. The maximum Gasteiger partial charge on any atom is 0.416 e. The minimum atomic E-state index is -4.44. The van der Waals surface area contributed by atoms with E-state index < -0.39 is 17.8 Å². The number of aliphatic imine (C=N–C) groups is 1. The summed E-state index contributed by atoms with van der Waals surface area (Å²) in [7, 11) is 1.89. The van der Waals surface area contributed by atoms with Crippen LogP contribution < -0.4 is 5.73 Å². The number of likely N-dealkylation sites (N-methyl/N-ethyl adjacent to an activating group) is 1. The number of hydrogen-bond donors (Lipinski definition) is 1. The van der Waals surface area contributed by atoms with Crippen LogP contribution in [0.25, 0.3) is 0 Å². The van der Waals surface area contributed by atoms with Gasteiger partial charge >= 0.3 is 6.18 Å². The molecule has 7 heteroatoms. The largest absolute Gasteiger partial charge is 0.416 e. The number of halogens is 3. The van der Waals surface area contributed by atoms with E-state index in [1.807, 2.05) is 36.0 Å². The van der Waals surface area contributed by atoms with Crippen molar-refractivity contribution >= 4 is 5.71 Å². The van der Waals surface area contributed by atoms with Gasteiger partial charge in [-0.3, -0.25) is 4.99 Å². The van der Waals surface area contributed by atoms with Crippen LogP contribution in [0.1, 0.15) is 43.9 Å². The normalized spacial score (nSPS) is 24.8. The first-order valence-electron chi connectivity index (χ1n) is 10.5. The van der Waals surface area contributed by atoms with Crippen LogP contribution in [0.2, 0.25) is 0 Å². The average molecular weight is 441 g/mol. The number of hydrogen-bond acceptors (Lipinski definition) is 4. The number of nitrogens with two attached hydrogens (primary N) is 1. The van der Waals surface area contributed by atoms with Gasteiger partial charge in [0.05, 0.1) is 34.8 Å². The lowest BCUT2D eigenvalue weighted by Crippen LogP contribution is -2.26. The molecule has 4 rings (SSSR count). The van der Waals surface area contributed by atoms with Crippen LogP contribution >= 0.6 is 0 Å². The zero-order chi connectivity index (χ0) is 23.4. The summed E-state index contributed by atoms with van der Waals surface area (Å²) in [5.41, 5.74) is 11.3. The second-order valence-electron chi connectivity index (χ2n) is 8.59. The van der Waals surface area contributed by atoms with Gasteiger partial charge in [0.25, 0.3) is 0 Å². The molecule has 1 aromatic carbocycles. The van der Waals surface area contributed by atoms with Gasteiger partial charge < -0.3 is 15.5 Å². The number of alkyl halides is 3. The van der Waals surface area contributed by atoms with Crippen LogP contribution in [0.4, 0.5) is 13.2 Å². The molecule has 2 fully saturated rings. The van der Waals surface area contributed by atoms with E-state index in [2.05, 4.69) is 13.2 Å². The Labute approximate surface area is 186 Å². The molecule has 0 bridgehead atoms. The van der Waals surface area contributed by atoms with Crippen molar-refractivity contribution < 1.29 is 13.2 Å². The van der Waals surface area contributed by atoms with Crippen molar-refractivity contribution in [1.29, 1.82) is 0 Å². The van der Waals surface area contributed by atoms with E-state index in [4.69, 9.17) is 10.7 Å². The number of rotatable bonds is 3. The van der Waals surface area contributed by atoms with Crippen molar-refractivity contribution in [2.45, 2.75) is 44.9 Å². The molecular formula is C25H27F3N4. The highest BCUT2D eigenvalue weighted by Crippen LogP contribution is 2.47. The van der Waals surface area contributed by atoms with Gasteiger partial charge in [0.2, 0.25) is 0 Å². The average Bonchev–Trinajstić information content (AvgIpc) is 3.48. The smallest absolute Gasteiger partial charge is 0.402 e. The van der Waals surface area contributed by atoms with E-state index in [0.717, 1.165) is 35.9 Å². The zero-order valence-electron chi connectivity index (χ0n) is 18.5. The molecule has 1 aliphatic carbocycles. The van der Waals surface area contributed by atoms with Crippen LogP contribution in [-0.4, -0.2) is 28.6 Å². The minimum absolute atomic E-state index is 0.207. The molecule has 1 unspecified atom stereocenters. The second kappa shape index (κ2) is 7.73. The second-order valence-corrected chi connectivity index (χ2v) is 8.59. The summed E-state index contributed by atoms with van der Waals surface area (Å²) >= 11 is 0. The highest BCUT2D eigenvalue weighted by molar-refractivity contribution is 6.16. The van der Waals surface area contributed by atoms with Crippen LogP contribution in [-0.2, 0) is 6.18 Å². The predicted molar refractivity (Wildman–Crippen MR) is 121 cm³/mol. The molecule has 1 saturated heterocycles. The third kappa shape index (κ3) is 3.87. The molecule has 1 saturated carbocycles. The molecule has 1 atom stereocenters. The Kier molecular flexibility index (Phi) is 5.31. The lowest BCUT2D eigenvalue weighted by molar-refractivity contribution is -0.137. The lowest BCUT2D eigenvalue weighted by Gasteiger charge is -2.33. The van der Waals surface area contributed by atoms with Gasteiger partial charge in [-0.05, 0) is 56.0 Å². The molecule has 1 aromatic rings. The summed E-state index contributed by atoms with van der Waals surface area (Å²) in [4.78, 5) is 8.69. The van der Waals surface area contributed by atoms with E-state index in [1.54, 1.807) is 13.0 Å². The van der Waals surface area contributed by atoms with Gasteiger partial charge in [0.1, 0.15) is 0 Å². The topological polar surface area (TPSA) is 44.9 Å². The Bertz CT molecular complexity index is 1110. The maximum absolute atomic E-state index is 13.5. The molecule has 168 valence electrons. The van der Waals surface area contributed by atoms with Crippen LogP contribution in [0.3, 0.4) is 0 Å². The van der Waals surface area contributed by atoms with Crippen LogP contribution in [0.5, 0.6) is 0 Å². The molecule has 0 spiro atoms. The summed E-state index contributed by atoms with van der Waals surface area (Å²) in [5, 5.41) is 0. The fourth-order valence-electron chi connectivity index (χ4n) is 4.15. The highest BCUT2D eigenvalue weighted by Gasteiger charge is 2.43. The number of allylic oxidation sites excluding steroid dienone is 4. The molecule has 0 amide bonds. The molecule has 32 heavy (non-hydrogen) atoms. The summed E-state index contributed by atoms with van der Waals surface area (Å²) in [6, 6.07) is 5.04. The van der Waals surface area contributed by atoms with E-state index in [0.29, 0.717) is 28.2 Å². The van der Waals surface area contributed by atoms with Crippen molar-refractivity contribution in [3.8, 4) is 0 Å². The monoisotopic (exact) mass is 440 g/mol. The lowest BCUT2D eigenvalue weighted by atomic mass is 9.94. The number of likely N-dealkylation sites (tertiary alicyclic amines) is 1. The van der Waals surface area contributed by atoms with Crippen molar-refractivity contribution in [2.75, 3.05) is 7.05 Å². The quantitative estimate of drug-likeness (QED) is 0.660. The first kappa shape index (κ1) is 22.0. The van der Waals surface area contributed by atoms with Crippen molar-refractivity contribution in [3.05, 3.63) is 94.8 Å². The fourth-order valence-corrected chi connectivity index (χ4v) is 4.15. The summed E-state index contributed by atoms with van der Waals surface area (Å²) in [6.07, 6.45) is 1.42. The number of nitrogens with zero attached hydrogens (tertiary/aromatic N) is 3. The highest BCUT2D eigenvalue weighted by atomic mass is 19.4. The summed E-state index contributed by atoms with van der Waals surface area (Å²) < 4.78 is 40.5. The summed E-state index contributed by atoms with van der Waals surface area (Å²) in [6.45, 7) is 12.1. The van der Waals surface area contributed by atoms with Gasteiger partial charge in [-0.1, -0.05) is 25.3 Å².